The molecule has 104 valence electrons. The summed E-state index contributed by atoms with van der Waals surface area (Å²) >= 11 is 0. The van der Waals surface area contributed by atoms with Crippen LogP contribution in [0.3, 0.4) is 0 Å². The SMILES string of the molecule is NCC1(C(=O)NCCOc2ccccc2)CCCC1. The molecule has 0 aromatic heterocycles. The molecular weight excluding hydrogens is 240 g/mol. The van der Waals surface area contributed by atoms with Crippen LogP contribution < -0.4 is 15.8 Å². The van der Waals surface area contributed by atoms with Crippen LogP contribution in [-0.4, -0.2) is 25.6 Å². The van der Waals surface area contributed by atoms with Gasteiger partial charge in [0.25, 0.3) is 0 Å². The molecule has 2 rings (SSSR count). The van der Waals surface area contributed by atoms with Crippen LogP contribution in [0.5, 0.6) is 5.75 Å². The summed E-state index contributed by atoms with van der Waals surface area (Å²) in [6.45, 7) is 1.45. The normalized spacial score (nSPS) is 17.1. The average Bonchev–Trinajstić information content (AvgIpc) is 2.94. The van der Waals surface area contributed by atoms with Crippen LogP contribution in [0.15, 0.2) is 30.3 Å². The summed E-state index contributed by atoms with van der Waals surface area (Å²) in [5.41, 5.74) is 5.45. The van der Waals surface area contributed by atoms with E-state index in [9.17, 15) is 4.79 Å². The van der Waals surface area contributed by atoms with Crippen molar-refractivity contribution >= 4 is 5.91 Å². The molecule has 19 heavy (non-hydrogen) atoms. The summed E-state index contributed by atoms with van der Waals surface area (Å²) in [5, 5.41) is 2.94. The highest BCUT2D eigenvalue weighted by atomic mass is 16.5. The van der Waals surface area contributed by atoms with E-state index in [0.29, 0.717) is 19.7 Å². The molecule has 3 N–H and O–H groups in total. The van der Waals surface area contributed by atoms with Gasteiger partial charge in [0.15, 0.2) is 0 Å². The van der Waals surface area contributed by atoms with Crippen molar-refractivity contribution in [3.8, 4) is 5.75 Å². The summed E-state index contributed by atoms with van der Waals surface area (Å²) in [6.07, 6.45) is 4.03. The van der Waals surface area contributed by atoms with E-state index >= 15 is 0 Å². The smallest absolute Gasteiger partial charge is 0.227 e. The van der Waals surface area contributed by atoms with Crippen LogP contribution in [0.2, 0.25) is 0 Å². The topological polar surface area (TPSA) is 64.4 Å². The Morgan fingerprint density at radius 1 is 1.26 bits per heavy atom. The Labute approximate surface area is 114 Å². The molecule has 0 aliphatic heterocycles. The third-order valence-corrected chi connectivity index (χ3v) is 3.83. The van der Waals surface area contributed by atoms with Crippen molar-refractivity contribution in [1.82, 2.24) is 5.32 Å². The zero-order valence-electron chi connectivity index (χ0n) is 11.2. The molecule has 1 fully saturated rings. The van der Waals surface area contributed by atoms with Gasteiger partial charge in [0.05, 0.1) is 12.0 Å². The lowest BCUT2D eigenvalue weighted by molar-refractivity contribution is -0.130. The van der Waals surface area contributed by atoms with Crippen molar-refractivity contribution in [2.24, 2.45) is 11.1 Å². The Kier molecular flexibility index (Phi) is 4.80. The van der Waals surface area contributed by atoms with Crippen LogP contribution >= 0.6 is 0 Å². The predicted molar refractivity (Wildman–Crippen MR) is 74.9 cm³/mol. The molecule has 1 amide bonds. The molecule has 0 unspecified atom stereocenters. The standard InChI is InChI=1S/C15H22N2O2/c16-12-15(8-4-5-9-15)14(18)17-10-11-19-13-6-2-1-3-7-13/h1-3,6-7H,4-5,8-12,16H2,(H,17,18). The van der Waals surface area contributed by atoms with Crippen molar-refractivity contribution in [1.29, 1.82) is 0 Å². The maximum Gasteiger partial charge on any atom is 0.227 e. The molecule has 4 heteroatoms. The number of carbonyl (C=O) groups excluding carboxylic acids is 1. The predicted octanol–water partition coefficient (Wildman–Crippen LogP) is 1.70. The second-order valence-electron chi connectivity index (χ2n) is 5.11. The monoisotopic (exact) mass is 262 g/mol. The Morgan fingerprint density at radius 2 is 1.95 bits per heavy atom. The van der Waals surface area contributed by atoms with E-state index in [-0.39, 0.29) is 11.3 Å². The van der Waals surface area contributed by atoms with Crippen LogP contribution in [0.1, 0.15) is 25.7 Å². The molecular formula is C15H22N2O2. The summed E-state index contributed by atoms with van der Waals surface area (Å²) in [5.74, 6) is 0.912. The number of rotatable bonds is 6. The van der Waals surface area contributed by atoms with Gasteiger partial charge in [-0.15, -0.1) is 0 Å². The number of carbonyl (C=O) groups is 1. The van der Waals surface area contributed by atoms with E-state index in [2.05, 4.69) is 5.32 Å². The molecule has 0 radical (unpaired) electrons. The van der Waals surface area contributed by atoms with Crippen molar-refractivity contribution in [2.45, 2.75) is 25.7 Å². The molecule has 4 nitrogen and oxygen atoms in total. The second kappa shape index (κ2) is 6.57. The lowest BCUT2D eigenvalue weighted by Gasteiger charge is -2.25. The van der Waals surface area contributed by atoms with Gasteiger partial charge in [0, 0.05) is 6.54 Å². The number of hydrogen-bond acceptors (Lipinski definition) is 3. The summed E-state index contributed by atoms with van der Waals surface area (Å²) in [4.78, 5) is 12.2. The maximum atomic E-state index is 12.2. The van der Waals surface area contributed by atoms with E-state index in [0.717, 1.165) is 31.4 Å². The molecule has 0 bridgehead atoms. The quantitative estimate of drug-likeness (QED) is 0.767. The fraction of sp³-hybridized carbons (Fsp3) is 0.533. The van der Waals surface area contributed by atoms with Crippen LogP contribution in [0.25, 0.3) is 0 Å². The summed E-state index contributed by atoms with van der Waals surface area (Å²) < 4.78 is 5.54. The zero-order chi connectivity index (χ0) is 13.6. The first-order chi connectivity index (χ1) is 9.27. The van der Waals surface area contributed by atoms with E-state index in [1.165, 1.54) is 0 Å². The molecule has 0 spiro atoms. The lowest BCUT2D eigenvalue weighted by atomic mass is 9.85. The molecule has 0 saturated heterocycles. The number of hydrogen-bond donors (Lipinski definition) is 2. The Bertz CT molecular complexity index is 400. The highest BCUT2D eigenvalue weighted by Crippen LogP contribution is 2.37. The largest absolute Gasteiger partial charge is 0.492 e. The minimum atomic E-state index is -0.327. The van der Waals surface area contributed by atoms with E-state index < -0.39 is 0 Å². The Balaban J connectivity index is 1.72. The van der Waals surface area contributed by atoms with Gasteiger partial charge in [-0.3, -0.25) is 4.79 Å². The highest BCUT2D eigenvalue weighted by Gasteiger charge is 2.39. The van der Waals surface area contributed by atoms with Gasteiger partial charge in [0.1, 0.15) is 12.4 Å². The summed E-state index contributed by atoms with van der Waals surface area (Å²) in [6, 6.07) is 9.60. The molecule has 1 saturated carbocycles. The van der Waals surface area contributed by atoms with Crippen molar-refractivity contribution < 1.29 is 9.53 Å². The second-order valence-corrected chi connectivity index (χ2v) is 5.11. The van der Waals surface area contributed by atoms with Gasteiger partial charge in [-0.05, 0) is 25.0 Å². The number of ether oxygens (including phenoxy) is 1. The van der Waals surface area contributed by atoms with Gasteiger partial charge < -0.3 is 15.8 Å². The first kappa shape index (κ1) is 13.9. The van der Waals surface area contributed by atoms with Crippen LogP contribution in [0.4, 0.5) is 0 Å². The minimum Gasteiger partial charge on any atom is -0.492 e. The van der Waals surface area contributed by atoms with Crippen molar-refractivity contribution in [3.05, 3.63) is 30.3 Å². The van der Waals surface area contributed by atoms with E-state index in [4.69, 9.17) is 10.5 Å². The van der Waals surface area contributed by atoms with Gasteiger partial charge >= 0.3 is 0 Å². The van der Waals surface area contributed by atoms with Gasteiger partial charge in [-0.25, -0.2) is 0 Å². The number of amides is 1. The van der Waals surface area contributed by atoms with Gasteiger partial charge in [-0.2, -0.15) is 0 Å². The number of nitrogens with two attached hydrogens (primary N) is 1. The average molecular weight is 262 g/mol. The molecule has 1 aromatic carbocycles. The molecule has 0 atom stereocenters. The molecule has 0 heterocycles. The van der Waals surface area contributed by atoms with Gasteiger partial charge in [-0.1, -0.05) is 31.0 Å². The minimum absolute atomic E-state index is 0.0872. The first-order valence-corrected chi connectivity index (χ1v) is 6.93. The zero-order valence-corrected chi connectivity index (χ0v) is 11.2. The van der Waals surface area contributed by atoms with E-state index in [1.807, 2.05) is 30.3 Å². The third-order valence-electron chi connectivity index (χ3n) is 3.83. The lowest BCUT2D eigenvalue weighted by Crippen LogP contribution is -2.45. The Hall–Kier alpha value is -1.55. The van der Waals surface area contributed by atoms with E-state index in [1.54, 1.807) is 0 Å². The molecule has 1 aromatic rings. The van der Waals surface area contributed by atoms with Crippen molar-refractivity contribution in [3.63, 3.8) is 0 Å². The number of benzene rings is 1. The third kappa shape index (κ3) is 3.47. The first-order valence-electron chi connectivity index (χ1n) is 6.93. The number of para-hydroxylation sites is 1. The van der Waals surface area contributed by atoms with Crippen LogP contribution in [-0.2, 0) is 4.79 Å². The number of nitrogens with one attached hydrogen (secondary N) is 1. The Morgan fingerprint density at radius 3 is 2.58 bits per heavy atom. The van der Waals surface area contributed by atoms with Gasteiger partial charge in [0.2, 0.25) is 5.91 Å². The highest BCUT2D eigenvalue weighted by molar-refractivity contribution is 5.83. The fourth-order valence-electron chi connectivity index (χ4n) is 2.61. The maximum absolute atomic E-state index is 12.2. The fourth-order valence-corrected chi connectivity index (χ4v) is 2.61. The van der Waals surface area contributed by atoms with Crippen LogP contribution in [0, 0.1) is 5.41 Å². The molecule has 1 aliphatic carbocycles. The molecule has 1 aliphatic rings. The van der Waals surface area contributed by atoms with Crippen molar-refractivity contribution in [2.75, 3.05) is 19.7 Å². The summed E-state index contributed by atoms with van der Waals surface area (Å²) in [7, 11) is 0.